The maximum Gasteiger partial charge on any atom is 0.306 e. The van der Waals surface area contributed by atoms with E-state index in [1.54, 1.807) is 0 Å². The molecule has 0 rings (SSSR count). The van der Waals surface area contributed by atoms with Gasteiger partial charge >= 0.3 is 17.9 Å². The Morgan fingerprint density at radius 3 is 0.744 bits per heavy atom. The molecule has 0 saturated heterocycles. The predicted octanol–water partition coefficient (Wildman–Crippen LogP) is 25.3. The van der Waals surface area contributed by atoms with Crippen LogP contribution in [0, 0.1) is 0 Å². The second-order valence-corrected chi connectivity index (χ2v) is 24.8. The Morgan fingerprint density at radius 2 is 0.476 bits per heavy atom. The zero-order valence-corrected chi connectivity index (χ0v) is 55.3. The summed E-state index contributed by atoms with van der Waals surface area (Å²) in [4.78, 5) is 38.4. The van der Waals surface area contributed by atoms with Crippen LogP contribution in [0.4, 0.5) is 0 Å². The Morgan fingerprint density at radius 1 is 0.256 bits per heavy atom. The first-order valence-electron chi connectivity index (χ1n) is 36.6. The van der Waals surface area contributed by atoms with Crippen molar-refractivity contribution >= 4 is 17.9 Å². The molecule has 82 heavy (non-hydrogen) atoms. The molecule has 6 heteroatoms. The van der Waals surface area contributed by atoms with Crippen LogP contribution in [-0.2, 0) is 28.6 Å². The molecule has 0 aliphatic carbocycles. The fraction of sp³-hybridized carbons (Fsp3) is 0.855. The van der Waals surface area contributed by atoms with E-state index < -0.39 is 6.10 Å². The van der Waals surface area contributed by atoms with Crippen LogP contribution in [0.3, 0.4) is 0 Å². The lowest BCUT2D eigenvalue weighted by Gasteiger charge is -2.18. The van der Waals surface area contributed by atoms with E-state index in [9.17, 15) is 14.4 Å². The van der Waals surface area contributed by atoms with E-state index in [0.717, 1.165) is 64.2 Å². The van der Waals surface area contributed by atoms with Gasteiger partial charge in [-0.05, 0) is 44.9 Å². The summed E-state index contributed by atoms with van der Waals surface area (Å²) >= 11 is 0. The number of carbonyl (C=O) groups is 3. The van der Waals surface area contributed by atoms with Gasteiger partial charge < -0.3 is 14.2 Å². The minimum absolute atomic E-state index is 0.0896. The third-order valence-electron chi connectivity index (χ3n) is 16.6. The van der Waals surface area contributed by atoms with Gasteiger partial charge in [-0.25, -0.2) is 0 Å². The average molecular weight is 1150 g/mol. The van der Waals surface area contributed by atoms with Crippen molar-refractivity contribution in [1.82, 2.24) is 0 Å². The molecule has 0 amide bonds. The van der Waals surface area contributed by atoms with Crippen LogP contribution in [-0.4, -0.2) is 37.2 Å². The lowest BCUT2D eigenvalue weighted by Crippen LogP contribution is -2.30. The van der Waals surface area contributed by atoms with E-state index in [-0.39, 0.29) is 37.5 Å². The van der Waals surface area contributed by atoms with Crippen LogP contribution in [0.1, 0.15) is 400 Å². The van der Waals surface area contributed by atoms with E-state index in [1.807, 2.05) is 6.08 Å². The number of ether oxygens (including phenoxy) is 3. The Bertz CT molecular complexity index is 1410. The summed E-state index contributed by atoms with van der Waals surface area (Å²) in [6.45, 7) is 6.54. The fourth-order valence-electron chi connectivity index (χ4n) is 11.2. The second kappa shape index (κ2) is 70.9. The first-order valence-corrected chi connectivity index (χ1v) is 36.6. The molecule has 0 radical (unpaired) electrons. The highest BCUT2D eigenvalue weighted by molar-refractivity contribution is 5.71. The van der Waals surface area contributed by atoms with Gasteiger partial charge in [-0.15, -0.1) is 0 Å². The third kappa shape index (κ3) is 68.2. The van der Waals surface area contributed by atoms with E-state index >= 15 is 0 Å². The number of allylic oxidation sites excluding steroid dienone is 8. The van der Waals surface area contributed by atoms with E-state index in [4.69, 9.17) is 14.2 Å². The number of carbonyl (C=O) groups excluding carboxylic acids is 3. The summed E-state index contributed by atoms with van der Waals surface area (Å²) in [6, 6.07) is 0. The van der Waals surface area contributed by atoms with Gasteiger partial charge in [-0.3, -0.25) is 14.4 Å². The van der Waals surface area contributed by atoms with Crippen molar-refractivity contribution < 1.29 is 28.6 Å². The van der Waals surface area contributed by atoms with E-state index in [2.05, 4.69) is 63.3 Å². The number of rotatable bonds is 68. The molecule has 0 fully saturated rings. The van der Waals surface area contributed by atoms with Crippen molar-refractivity contribution in [2.45, 2.75) is 406 Å². The lowest BCUT2D eigenvalue weighted by atomic mass is 10.0. The summed E-state index contributed by atoms with van der Waals surface area (Å²) < 4.78 is 16.9. The van der Waals surface area contributed by atoms with Gasteiger partial charge in [0.25, 0.3) is 0 Å². The predicted molar refractivity (Wildman–Crippen MR) is 358 cm³/mol. The molecule has 480 valence electrons. The topological polar surface area (TPSA) is 78.9 Å². The van der Waals surface area contributed by atoms with Crippen LogP contribution in [0.25, 0.3) is 0 Å². The maximum atomic E-state index is 13.0. The molecule has 0 aromatic heterocycles. The average Bonchev–Trinajstić information content (AvgIpc) is 3.47. The van der Waals surface area contributed by atoms with Gasteiger partial charge in [-0.1, -0.05) is 384 Å². The van der Waals surface area contributed by atoms with Crippen molar-refractivity contribution in [3.63, 3.8) is 0 Å². The highest BCUT2D eigenvalue weighted by atomic mass is 16.6. The SMILES string of the molecule is CC/C=C\C/C=C\C/C=C\C/C=C\CCC(=O)OCC(COC(=O)CCCCCCCCCCCCCCCCCCCCCCCCCCCCCC)OC(=O)CCCCCCCCCCCCCCCCCCCCCCCCC. The molecule has 0 aliphatic heterocycles. The van der Waals surface area contributed by atoms with E-state index in [0.29, 0.717) is 19.3 Å². The monoisotopic (exact) mass is 1150 g/mol. The van der Waals surface area contributed by atoms with Crippen molar-refractivity contribution in [3.05, 3.63) is 48.6 Å². The molecule has 0 bridgehead atoms. The molecule has 0 aliphatic rings. The molecule has 6 nitrogen and oxygen atoms in total. The molecule has 0 saturated carbocycles. The summed E-state index contributed by atoms with van der Waals surface area (Å²) in [7, 11) is 0. The van der Waals surface area contributed by atoms with Gasteiger partial charge in [-0.2, -0.15) is 0 Å². The molecular formula is C76H140O6. The summed E-state index contributed by atoms with van der Waals surface area (Å²) in [5, 5.41) is 0. The van der Waals surface area contributed by atoms with Crippen molar-refractivity contribution in [2.75, 3.05) is 13.2 Å². The highest BCUT2D eigenvalue weighted by Crippen LogP contribution is 2.19. The molecule has 0 N–H and O–H groups in total. The number of hydrogen-bond acceptors (Lipinski definition) is 6. The Labute approximate surface area is 511 Å². The molecule has 0 aromatic carbocycles. The van der Waals surface area contributed by atoms with Crippen LogP contribution >= 0.6 is 0 Å². The number of hydrogen-bond donors (Lipinski definition) is 0. The van der Waals surface area contributed by atoms with Crippen LogP contribution in [0.5, 0.6) is 0 Å². The molecular weight excluding hydrogens is 1010 g/mol. The van der Waals surface area contributed by atoms with Gasteiger partial charge in [0, 0.05) is 19.3 Å². The molecule has 0 heterocycles. The van der Waals surface area contributed by atoms with Crippen LogP contribution in [0.15, 0.2) is 48.6 Å². The van der Waals surface area contributed by atoms with Crippen LogP contribution < -0.4 is 0 Å². The quantitative estimate of drug-likeness (QED) is 0.0261. The largest absolute Gasteiger partial charge is 0.462 e. The maximum absolute atomic E-state index is 13.0. The van der Waals surface area contributed by atoms with Crippen molar-refractivity contribution in [1.29, 1.82) is 0 Å². The van der Waals surface area contributed by atoms with Crippen molar-refractivity contribution in [2.24, 2.45) is 0 Å². The minimum atomic E-state index is -0.800. The molecule has 1 atom stereocenters. The van der Waals surface area contributed by atoms with Gasteiger partial charge in [0.2, 0.25) is 0 Å². The summed E-state index contributed by atoms with van der Waals surface area (Å²) in [6.07, 6.45) is 90.4. The second-order valence-electron chi connectivity index (χ2n) is 24.8. The summed E-state index contributed by atoms with van der Waals surface area (Å²) in [5.74, 6) is -0.946. The third-order valence-corrected chi connectivity index (χ3v) is 16.6. The smallest absolute Gasteiger partial charge is 0.306 e. The lowest BCUT2D eigenvalue weighted by molar-refractivity contribution is -0.166. The fourth-order valence-corrected chi connectivity index (χ4v) is 11.2. The normalized spacial score (nSPS) is 12.3. The minimum Gasteiger partial charge on any atom is -0.462 e. The molecule has 1 unspecified atom stereocenters. The van der Waals surface area contributed by atoms with Crippen LogP contribution in [0.2, 0.25) is 0 Å². The van der Waals surface area contributed by atoms with E-state index in [1.165, 1.54) is 289 Å². The first kappa shape index (κ1) is 79.4. The highest BCUT2D eigenvalue weighted by Gasteiger charge is 2.19. The zero-order valence-electron chi connectivity index (χ0n) is 55.3. The van der Waals surface area contributed by atoms with Gasteiger partial charge in [0.15, 0.2) is 6.10 Å². The zero-order chi connectivity index (χ0) is 59.2. The molecule has 0 spiro atoms. The Kier molecular flexibility index (Phi) is 68.6. The molecule has 0 aromatic rings. The first-order chi connectivity index (χ1) is 40.5. The Balaban J connectivity index is 4.21. The van der Waals surface area contributed by atoms with Crippen molar-refractivity contribution in [3.8, 4) is 0 Å². The summed E-state index contributed by atoms with van der Waals surface area (Å²) in [5.41, 5.74) is 0. The number of esters is 3. The Hall–Kier alpha value is -2.63. The standard InChI is InChI=1S/C76H140O6/c1-4-7-10-13-16-19-22-25-27-29-31-33-35-36-37-38-39-41-42-44-46-48-51-54-57-60-63-66-69-75(78)81-72-73(71-80-74(77)68-65-62-59-56-53-50-24-21-18-15-12-9-6-3)82-76(79)70-67-64-61-58-55-52-49-47-45-43-40-34-32-30-28-26-23-20-17-14-11-8-5-2/h9,12,18,21,50,53,59,62,73H,4-8,10-11,13-17,19-20,22-49,51-52,54-58,60-61,63-72H2,1-3H3/b12-9-,21-18-,53-50-,62-59-. The van der Waals surface area contributed by atoms with Gasteiger partial charge in [0.05, 0.1) is 0 Å². The number of unbranched alkanes of at least 4 members (excludes halogenated alkanes) is 49. The van der Waals surface area contributed by atoms with Gasteiger partial charge in [0.1, 0.15) is 13.2 Å².